The summed E-state index contributed by atoms with van der Waals surface area (Å²) in [7, 11) is 0. The number of nitrogens with one attached hydrogen (secondary N) is 2. The van der Waals surface area contributed by atoms with Crippen molar-refractivity contribution in [3.8, 4) is 5.75 Å². The summed E-state index contributed by atoms with van der Waals surface area (Å²) in [5.74, 6) is 0.771. The number of phenolic OH excluding ortho intramolecular Hbond substituents is 1. The maximum Gasteiger partial charge on any atom is 0.248 e. The molecule has 0 saturated heterocycles. The second-order valence-electron chi connectivity index (χ2n) is 7.08. The number of carbonyl (C=O) groups is 1. The molecule has 0 aliphatic carbocycles. The number of amides is 1. The van der Waals surface area contributed by atoms with Crippen molar-refractivity contribution in [2.75, 3.05) is 16.4 Å². The lowest BCUT2D eigenvalue weighted by molar-refractivity contribution is -0.111. The minimum absolute atomic E-state index is 0.245. The number of aromatic nitrogens is 1. The highest BCUT2D eigenvalue weighted by molar-refractivity contribution is 6.03. The Morgan fingerprint density at radius 1 is 1.00 bits per heavy atom. The van der Waals surface area contributed by atoms with Crippen LogP contribution in [0.5, 0.6) is 5.75 Å². The maximum atomic E-state index is 12.2. The summed E-state index contributed by atoms with van der Waals surface area (Å²) in [5.41, 5.74) is 9.77. The zero-order valence-corrected chi connectivity index (χ0v) is 18.7. The number of nitrogens with two attached hydrogens (primary N) is 1. The van der Waals surface area contributed by atoms with Crippen molar-refractivity contribution in [2.45, 2.75) is 20.4 Å². The Balaban J connectivity index is 0.00000149. The van der Waals surface area contributed by atoms with E-state index in [0.29, 0.717) is 17.9 Å². The largest absolute Gasteiger partial charge is 0.508 e. The number of fused-ring (bicyclic) bond motifs is 1. The van der Waals surface area contributed by atoms with Gasteiger partial charge in [-0.05, 0) is 65.7 Å². The van der Waals surface area contributed by atoms with Crippen LogP contribution in [0, 0.1) is 0 Å². The summed E-state index contributed by atoms with van der Waals surface area (Å²) in [6.07, 6.45) is 3.24. The number of pyridine rings is 1. The fourth-order valence-electron chi connectivity index (χ4n) is 3.11. The maximum absolute atomic E-state index is 12.2. The van der Waals surface area contributed by atoms with E-state index in [0.717, 1.165) is 27.8 Å². The first-order valence-electron chi connectivity index (χ1n) is 10.8. The van der Waals surface area contributed by atoms with E-state index in [1.807, 2.05) is 68.4 Å². The Morgan fingerprint density at radius 3 is 2.52 bits per heavy atom. The third-order valence-corrected chi connectivity index (χ3v) is 4.77. The molecular formula is C27H28N4O2. The van der Waals surface area contributed by atoms with Crippen LogP contribution in [0.2, 0.25) is 0 Å². The number of anilines is 3. The van der Waals surface area contributed by atoms with Crippen molar-refractivity contribution in [2.24, 2.45) is 0 Å². The average molecular weight is 441 g/mol. The van der Waals surface area contributed by atoms with Gasteiger partial charge in [0.15, 0.2) is 0 Å². The average Bonchev–Trinajstić information content (AvgIpc) is 2.85. The standard InChI is InChI=1S/C25H22N4O2.C2H6/c26-21-3-1-2-4-23(21)29-25(31)14-8-17-7-12-22-19(15-17)9-13-24(28-22)27-16-18-5-10-20(30)11-6-18;1-2/h1-15,30H,16,26H2,(H,27,28)(H,29,31);1-2H3/b14-8+;. The number of nitrogen functional groups attached to an aromatic ring is 1. The number of aromatic hydroxyl groups is 1. The Hall–Kier alpha value is -4.32. The van der Waals surface area contributed by atoms with Crippen LogP contribution in [0.3, 0.4) is 0 Å². The van der Waals surface area contributed by atoms with Crippen LogP contribution in [0.25, 0.3) is 17.0 Å². The van der Waals surface area contributed by atoms with Gasteiger partial charge >= 0.3 is 0 Å². The minimum Gasteiger partial charge on any atom is -0.508 e. The summed E-state index contributed by atoms with van der Waals surface area (Å²) >= 11 is 0. The molecule has 0 unspecified atom stereocenters. The second kappa shape index (κ2) is 11.3. The Labute approximate surface area is 193 Å². The Kier molecular flexibility index (Phi) is 8.02. The number of carbonyl (C=O) groups excluding carboxylic acids is 1. The first-order chi connectivity index (χ1) is 16.1. The number of nitrogens with zero attached hydrogens (tertiary/aromatic N) is 1. The van der Waals surface area contributed by atoms with Gasteiger partial charge in [-0.2, -0.15) is 0 Å². The molecule has 6 nitrogen and oxygen atoms in total. The van der Waals surface area contributed by atoms with Gasteiger partial charge in [-0.25, -0.2) is 4.98 Å². The van der Waals surface area contributed by atoms with E-state index in [1.54, 1.807) is 30.3 Å². The van der Waals surface area contributed by atoms with E-state index < -0.39 is 0 Å². The smallest absolute Gasteiger partial charge is 0.248 e. The topological polar surface area (TPSA) is 100 Å². The molecule has 33 heavy (non-hydrogen) atoms. The lowest BCUT2D eigenvalue weighted by atomic mass is 10.1. The molecule has 1 amide bonds. The van der Waals surface area contributed by atoms with Gasteiger partial charge in [-0.15, -0.1) is 0 Å². The van der Waals surface area contributed by atoms with E-state index in [-0.39, 0.29) is 11.7 Å². The third kappa shape index (κ3) is 6.58. The number of hydrogen-bond donors (Lipinski definition) is 4. The normalized spacial score (nSPS) is 10.5. The van der Waals surface area contributed by atoms with Crippen LogP contribution in [0.4, 0.5) is 17.2 Å². The van der Waals surface area contributed by atoms with Crippen molar-refractivity contribution in [3.63, 3.8) is 0 Å². The van der Waals surface area contributed by atoms with Gasteiger partial charge in [0, 0.05) is 18.0 Å². The molecule has 0 saturated carbocycles. The highest BCUT2D eigenvalue weighted by Gasteiger charge is 2.03. The monoisotopic (exact) mass is 440 g/mol. The number of hydrogen-bond acceptors (Lipinski definition) is 5. The van der Waals surface area contributed by atoms with Crippen molar-refractivity contribution in [1.82, 2.24) is 4.98 Å². The van der Waals surface area contributed by atoms with E-state index in [1.165, 1.54) is 6.08 Å². The number of para-hydroxylation sites is 2. The van der Waals surface area contributed by atoms with Crippen LogP contribution in [-0.4, -0.2) is 16.0 Å². The van der Waals surface area contributed by atoms with Gasteiger partial charge < -0.3 is 21.5 Å². The number of rotatable bonds is 6. The van der Waals surface area contributed by atoms with Crippen LogP contribution < -0.4 is 16.4 Å². The molecule has 0 aliphatic heterocycles. The molecule has 4 rings (SSSR count). The summed E-state index contributed by atoms with van der Waals surface area (Å²) in [6, 6.07) is 23.9. The summed E-state index contributed by atoms with van der Waals surface area (Å²) in [5, 5.41) is 16.4. The molecule has 3 aromatic carbocycles. The van der Waals surface area contributed by atoms with Gasteiger partial charge in [0.1, 0.15) is 11.6 Å². The summed E-state index contributed by atoms with van der Waals surface area (Å²) < 4.78 is 0. The quantitative estimate of drug-likeness (QED) is 0.224. The third-order valence-electron chi connectivity index (χ3n) is 4.77. The van der Waals surface area contributed by atoms with Gasteiger partial charge in [-0.1, -0.05) is 44.2 Å². The van der Waals surface area contributed by atoms with Gasteiger partial charge in [0.2, 0.25) is 5.91 Å². The molecule has 6 heteroatoms. The van der Waals surface area contributed by atoms with Gasteiger partial charge in [0.25, 0.3) is 0 Å². The number of benzene rings is 3. The van der Waals surface area contributed by atoms with Crippen molar-refractivity contribution in [1.29, 1.82) is 0 Å². The zero-order valence-electron chi connectivity index (χ0n) is 18.7. The van der Waals surface area contributed by atoms with E-state index in [2.05, 4.69) is 15.6 Å². The van der Waals surface area contributed by atoms with Crippen molar-refractivity contribution in [3.05, 3.63) is 96.1 Å². The predicted molar refractivity (Wildman–Crippen MR) is 137 cm³/mol. The fraction of sp³-hybridized carbons (Fsp3) is 0.111. The summed E-state index contributed by atoms with van der Waals surface area (Å²) in [4.78, 5) is 16.8. The van der Waals surface area contributed by atoms with Crippen LogP contribution in [0.1, 0.15) is 25.0 Å². The molecule has 4 aromatic rings. The molecule has 0 radical (unpaired) electrons. The minimum atomic E-state index is -0.245. The molecule has 1 heterocycles. The van der Waals surface area contributed by atoms with Crippen molar-refractivity contribution >= 4 is 40.1 Å². The fourth-order valence-corrected chi connectivity index (χ4v) is 3.11. The molecular weight excluding hydrogens is 412 g/mol. The van der Waals surface area contributed by atoms with Gasteiger partial charge in [-0.3, -0.25) is 4.79 Å². The Bertz CT molecular complexity index is 1250. The van der Waals surface area contributed by atoms with E-state index in [4.69, 9.17) is 5.73 Å². The lowest BCUT2D eigenvalue weighted by Gasteiger charge is -2.08. The van der Waals surface area contributed by atoms with Crippen molar-refractivity contribution < 1.29 is 9.90 Å². The molecule has 0 spiro atoms. The van der Waals surface area contributed by atoms with E-state index >= 15 is 0 Å². The molecule has 0 bridgehead atoms. The number of phenols is 1. The molecule has 168 valence electrons. The van der Waals surface area contributed by atoms with Gasteiger partial charge in [0.05, 0.1) is 16.9 Å². The molecule has 0 fully saturated rings. The molecule has 5 N–H and O–H groups in total. The van der Waals surface area contributed by atoms with Crippen LogP contribution in [-0.2, 0) is 11.3 Å². The first-order valence-corrected chi connectivity index (χ1v) is 10.8. The summed E-state index contributed by atoms with van der Waals surface area (Å²) in [6.45, 7) is 4.61. The SMILES string of the molecule is CC.Nc1ccccc1NC(=O)/C=C/c1ccc2nc(NCc3ccc(O)cc3)ccc2c1. The van der Waals surface area contributed by atoms with E-state index in [9.17, 15) is 9.90 Å². The molecule has 1 aromatic heterocycles. The van der Waals surface area contributed by atoms with Crippen LogP contribution >= 0.6 is 0 Å². The predicted octanol–water partition coefficient (Wildman–Crippen LogP) is 5.81. The molecule has 0 atom stereocenters. The second-order valence-corrected chi connectivity index (χ2v) is 7.08. The van der Waals surface area contributed by atoms with Crippen LogP contribution in [0.15, 0.2) is 84.9 Å². The molecule has 0 aliphatic rings. The highest BCUT2D eigenvalue weighted by Crippen LogP contribution is 2.20. The zero-order chi connectivity index (χ0) is 23.6. The Morgan fingerprint density at radius 2 is 1.76 bits per heavy atom. The first kappa shape index (κ1) is 23.3. The highest BCUT2D eigenvalue weighted by atomic mass is 16.3. The lowest BCUT2D eigenvalue weighted by Crippen LogP contribution is -2.09.